The number of imide groups is 1. The number of anilines is 1. The maximum Gasteiger partial charge on any atom is 0.321 e. The second-order valence-electron chi connectivity index (χ2n) is 6.85. The lowest BCUT2D eigenvalue weighted by molar-refractivity contribution is -0.124. The molecule has 0 saturated carbocycles. The van der Waals surface area contributed by atoms with Crippen LogP contribution in [0.2, 0.25) is 0 Å². The number of rotatable bonds is 5. The smallest absolute Gasteiger partial charge is 0.321 e. The molecule has 1 aliphatic heterocycles. The van der Waals surface area contributed by atoms with Gasteiger partial charge in [0.05, 0.1) is 11.7 Å². The fourth-order valence-corrected chi connectivity index (χ4v) is 3.29. The molecule has 0 aliphatic carbocycles. The third-order valence-corrected chi connectivity index (χ3v) is 5.00. The molecule has 1 saturated heterocycles. The van der Waals surface area contributed by atoms with Crippen molar-refractivity contribution in [1.29, 1.82) is 0 Å². The van der Waals surface area contributed by atoms with Crippen LogP contribution in [-0.4, -0.2) is 54.2 Å². The SMILES string of the molecule is CC(C(=O)NC(=O)NCc1ccccc1)N1CCN(c2ccccc2O)CC1. The van der Waals surface area contributed by atoms with Crippen LogP contribution >= 0.6 is 0 Å². The standard InChI is InChI=1S/C21H26N4O3/c1-16(20(27)23-21(28)22-15-17-7-3-2-4-8-17)24-11-13-25(14-12-24)18-9-5-6-10-19(18)26/h2-10,16,26H,11-15H2,1H3,(H2,22,23,27,28). The third kappa shape index (κ3) is 5.01. The summed E-state index contributed by atoms with van der Waals surface area (Å²) >= 11 is 0. The molecule has 0 radical (unpaired) electrons. The van der Waals surface area contributed by atoms with E-state index in [1.165, 1.54) is 0 Å². The molecule has 2 aromatic rings. The number of phenols is 1. The van der Waals surface area contributed by atoms with Crippen LogP contribution in [0.4, 0.5) is 10.5 Å². The Morgan fingerprint density at radius 1 is 1.00 bits per heavy atom. The fraction of sp³-hybridized carbons (Fsp3) is 0.333. The van der Waals surface area contributed by atoms with Crippen LogP contribution in [0.3, 0.4) is 0 Å². The zero-order valence-electron chi connectivity index (χ0n) is 16.0. The highest BCUT2D eigenvalue weighted by atomic mass is 16.3. The Hall–Kier alpha value is -3.06. The Kier molecular flexibility index (Phi) is 6.49. The predicted octanol–water partition coefficient (Wildman–Crippen LogP) is 1.93. The molecule has 2 aromatic carbocycles. The molecule has 1 aliphatic rings. The van der Waals surface area contributed by atoms with Gasteiger partial charge in [-0.3, -0.25) is 15.0 Å². The Bertz CT molecular complexity index is 804. The molecule has 3 amide bonds. The summed E-state index contributed by atoms with van der Waals surface area (Å²) in [5.74, 6) is -0.0570. The van der Waals surface area contributed by atoms with Crippen LogP contribution in [0.1, 0.15) is 12.5 Å². The Morgan fingerprint density at radius 3 is 2.32 bits per heavy atom. The van der Waals surface area contributed by atoms with Crippen molar-refractivity contribution in [2.75, 3.05) is 31.1 Å². The maximum atomic E-state index is 12.4. The van der Waals surface area contributed by atoms with E-state index in [0.29, 0.717) is 32.7 Å². The normalized spacial score (nSPS) is 15.7. The van der Waals surface area contributed by atoms with E-state index in [1.807, 2.05) is 47.4 Å². The highest BCUT2D eigenvalue weighted by Crippen LogP contribution is 2.27. The predicted molar refractivity (Wildman–Crippen MR) is 108 cm³/mol. The summed E-state index contributed by atoms with van der Waals surface area (Å²) in [4.78, 5) is 28.5. The summed E-state index contributed by atoms with van der Waals surface area (Å²) < 4.78 is 0. The summed E-state index contributed by atoms with van der Waals surface area (Å²) in [5, 5.41) is 15.1. The second kappa shape index (κ2) is 9.23. The van der Waals surface area contributed by atoms with Crippen LogP contribution in [0.15, 0.2) is 54.6 Å². The van der Waals surface area contributed by atoms with Gasteiger partial charge in [-0.05, 0) is 24.6 Å². The number of nitrogens with one attached hydrogen (secondary N) is 2. The molecule has 7 heteroatoms. The highest BCUT2D eigenvalue weighted by molar-refractivity contribution is 5.96. The average Bonchev–Trinajstić information content (AvgIpc) is 2.73. The molecule has 1 fully saturated rings. The van der Waals surface area contributed by atoms with Gasteiger partial charge in [-0.15, -0.1) is 0 Å². The molecule has 7 nitrogen and oxygen atoms in total. The molecule has 0 bridgehead atoms. The van der Waals surface area contributed by atoms with Crippen molar-refractivity contribution in [3.8, 4) is 5.75 Å². The molecule has 1 heterocycles. The van der Waals surface area contributed by atoms with Crippen LogP contribution < -0.4 is 15.5 Å². The van der Waals surface area contributed by atoms with Gasteiger partial charge in [0.1, 0.15) is 5.75 Å². The van der Waals surface area contributed by atoms with Crippen molar-refractivity contribution in [2.24, 2.45) is 0 Å². The van der Waals surface area contributed by atoms with Crippen molar-refractivity contribution in [2.45, 2.75) is 19.5 Å². The minimum absolute atomic E-state index is 0.261. The molecule has 3 rings (SSSR count). The number of hydrogen-bond donors (Lipinski definition) is 3. The lowest BCUT2D eigenvalue weighted by Gasteiger charge is -2.38. The number of para-hydroxylation sites is 2. The first-order chi connectivity index (χ1) is 13.5. The van der Waals surface area contributed by atoms with E-state index in [4.69, 9.17) is 0 Å². The number of carbonyl (C=O) groups is 2. The number of piperazine rings is 1. The van der Waals surface area contributed by atoms with Crippen LogP contribution in [0.25, 0.3) is 0 Å². The van der Waals surface area contributed by atoms with Gasteiger partial charge in [-0.25, -0.2) is 4.79 Å². The monoisotopic (exact) mass is 382 g/mol. The van der Waals surface area contributed by atoms with E-state index in [2.05, 4.69) is 15.5 Å². The fourth-order valence-electron chi connectivity index (χ4n) is 3.29. The van der Waals surface area contributed by atoms with E-state index in [-0.39, 0.29) is 11.7 Å². The maximum absolute atomic E-state index is 12.4. The van der Waals surface area contributed by atoms with Gasteiger partial charge >= 0.3 is 6.03 Å². The van der Waals surface area contributed by atoms with Gasteiger partial charge in [0.15, 0.2) is 0 Å². The molecular weight excluding hydrogens is 356 g/mol. The van der Waals surface area contributed by atoms with Crippen molar-refractivity contribution >= 4 is 17.6 Å². The first kappa shape index (κ1) is 19.7. The summed E-state index contributed by atoms with van der Waals surface area (Å²) in [6.07, 6.45) is 0. The van der Waals surface area contributed by atoms with Crippen LogP contribution in [-0.2, 0) is 11.3 Å². The van der Waals surface area contributed by atoms with E-state index in [9.17, 15) is 14.7 Å². The number of nitrogens with zero attached hydrogens (tertiary/aromatic N) is 2. The summed E-state index contributed by atoms with van der Waals surface area (Å²) in [5.41, 5.74) is 1.78. The molecule has 148 valence electrons. The average molecular weight is 382 g/mol. The number of urea groups is 1. The second-order valence-corrected chi connectivity index (χ2v) is 6.85. The lowest BCUT2D eigenvalue weighted by atomic mass is 10.2. The van der Waals surface area contributed by atoms with Gasteiger partial charge in [-0.1, -0.05) is 42.5 Å². The van der Waals surface area contributed by atoms with Crippen molar-refractivity contribution in [3.05, 3.63) is 60.2 Å². The Morgan fingerprint density at radius 2 is 1.64 bits per heavy atom. The minimum atomic E-state index is -0.492. The zero-order chi connectivity index (χ0) is 19.9. The molecule has 1 atom stereocenters. The number of phenolic OH excluding ortho intramolecular Hbond substituents is 1. The van der Waals surface area contributed by atoms with Crippen molar-refractivity contribution in [3.63, 3.8) is 0 Å². The molecule has 3 N–H and O–H groups in total. The number of carbonyl (C=O) groups excluding carboxylic acids is 2. The van der Waals surface area contributed by atoms with E-state index in [0.717, 1.165) is 11.3 Å². The first-order valence-corrected chi connectivity index (χ1v) is 9.44. The largest absolute Gasteiger partial charge is 0.506 e. The molecule has 0 aromatic heterocycles. The summed E-state index contributed by atoms with van der Waals surface area (Å²) in [6, 6.07) is 15.9. The number of hydrogen-bond acceptors (Lipinski definition) is 5. The van der Waals surface area contributed by atoms with Crippen molar-refractivity contribution < 1.29 is 14.7 Å². The summed E-state index contributed by atoms with van der Waals surface area (Å²) in [6.45, 7) is 4.93. The summed E-state index contributed by atoms with van der Waals surface area (Å²) in [7, 11) is 0. The van der Waals surface area contributed by atoms with Crippen LogP contribution in [0, 0.1) is 0 Å². The van der Waals surface area contributed by atoms with Gasteiger partial charge in [0.2, 0.25) is 5.91 Å². The number of aromatic hydroxyl groups is 1. The topological polar surface area (TPSA) is 84.9 Å². The van der Waals surface area contributed by atoms with Crippen molar-refractivity contribution in [1.82, 2.24) is 15.5 Å². The zero-order valence-corrected chi connectivity index (χ0v) is 16.0. The lowest BCUT2D eigenvalue weighted by Crippen LogP contribution is -2.55. The van der Waals surface area contributed by atoms with Gasteiger partial charge in [0, 0.05) is 32.7 Å². The van der Waals surface area contributed by atoms with E-state index in [1.54, 1.807) is 19.1 Å². The van der Waals surface area contributed by atoms with Gasteiger partial charge in [0.25, 0.3) is 0 Å². The third-order valence-electron chi connectivity index (χ3n) is 5.00. The Labute approximate surface area is 165 Å². The molecular formula is C21H26N4O3. The Balaban J connectivity index is 1.45. The van der Waals surface area contributed by atoms with Crippen LogP contribution in [0.5, 0.6) is 5.75 Å². The molecule has 28 heavy (non-hydrogen) atoms. The van der Waals surface area contributed by atoms with Gasteiger partial charge < -0.3 is 15.3 Å². The van der Waals surface area contributed by atoms with Gasteiger partial charge in [-0.2, -0.15) is 0 Å². The quantitative estimate of drug-likeness (QED) is 0.736. The number of amides is 3. The number of benzene rings is 2. The highest BCUT2D eigenvalue weighted by Gasteiger charge is 2.27. The minimum Gasteiger partial charge on any atom is -0.506 e. The molecule has 1 unspecified atom stereocenters. The molecule has 0 spiro atoms. The van der Waals surface area contributed by atoms with E-state index >= 15 is 0 Å². The van der Waals surface area contributed by atoms with E-state index < -0.39 is 12.1 Å². The first-order valence-electron chi connectivity index (χ1n) is 9.44.